The van der Waals surface area contributed by atoms with Crippen LogP contribution in [0.5, 0.6) is 5.75 Å². The lowest BCUT2D eigenvalue weighted by Gasteiger charge is -2.38. The van der Waals surface area contributed by atoms with Crippen molar-refractivity contribution in [2.45, 2.75) is 46.4 Å². The van der Waals surface area contributed by atoms with Gasteiger partial charge in [-0.2, -0.15) is 0 Å². The van der Waals surface area contributed by atoms with Gasteiger partial charge in [-0.05, 0) is 51.6 Å². The summed E-state index contributed by atoms with van der Waals surface area (Å²) in [5.74, 6) is 0.684. The Labute approximate surface area is 228 Å². The van der Waals surface area contributed by atoms with E-state index in [9.17, 15) is 14.7 Å². The Hall–Kier alpha value is -3.89. The Morgan fingerprint density at radius 1 is 1.21 bits per heavy atom. The highest BCUT2D eigenvalue weighted by Crippen LogP contribution is 2.31. The molecule has 0 radical (unpaired) electrons. The summed E-state index contributed by atoms with van der Waals surface area (Å²) in [6.07, 6.45) is -0.208. The summed E-state index contributed by atoms with van der Waals surface area (Å²) in [6, 6.07) is 14.4. The van der Waals surface area contributed by atoms with Gasteiger partial charge in [-0.25, -0.2) is 4.79 Å². The van der Waals surface area contributed by atoms with Gasteiger partial charge >= 0.3 is 6.03 Å². The lowest BCUT2D eigenvalue weighted by Crippen LogP contribution is -2.49. The predicted octanol–water partition coefficient (Wildman–Crippen LogP) is 4.29. The van der Waals surface area contributed by atoms with E-state index < -0.39 is 6.03 Å². The normalized spacial score (nSPS) is 18.1. The lowest BCUT2D eigenvalue weighted by atomic mass is 9.99. The number of carbonyl (C=O) groups is 2. The fourth-order valence-corrected chi connectivity index (χ4v) is 4.72. The number of nitrogens with one attached hydrogen (secondary N) is 2. The fourth-order valence-electron chi connectivity index (χ4n) is 4.72. The number of ether oxygens (including phenoxy) is 1. The van der Waals surface area contributed by atoms with Crippen LogP contribution < -0.4 is 15.4 Å². The first-order valence-corrected chi connectivity index (χ1v) is 13.1. The molecule has 0 saturated carbocycles. The monoisotopic (exact) mass is 535 g/mol. The van der Waals surface area contributed by atoms with Gasteiger partial charge in [-0.1, -0.05) is 42.4 Å². The van der Waals surface area contributed by atoms with Crippen molar-refractivity contribution >= 4 is 23.3 Å². The van der Waals surface area contributed by atoms with Crippen molar-refractivity contribution in [1.29, 1.82) is 0 Å². The molecule has 10 heteroatoms. The topological polar surface area (TPSA) is 120 Å². The summed E-state index contributed by atoms with van der Waals surface area (Å²) in [4.78, 5) is 30.2. The molecule has 4 rings (SSSR count). The van der Waals surface area contributed by atoms with E-state index in [0.29, 0.717) is 47.2 Å². The van der Waals surface area contributed by atoms with E-state index in [1.54, 1.807) is 36.9 Å². The molecule has 0 unspecified atom stereocenters. The zero-order valence-electron chi connectivity index (χ0n) is 23.1. The maximum absolute atomic E-state index is 13.7. The molecule has 0 aliphatic carbocycles. The van der Waals surface area contributed by atoms with E-state index in [-0.39, 0.29) is 30.6 Å². The van der Waals surface area contributed by atoms with Crippen molar-refractivity contribution in [3.8, 4) is 5.75 Å². The maximum atomic E-state index is 13.7. The average Bonchev–Trinajstić information content (AvgIpc) is 3.23. The van der Waals surface area contributed by atoms with Crippen LogP contribution >= 0.6 is 0 Å². The second-order valence-electron chi connectivity index (χ2n) is 10.3. The number of urea groups is 1. The first kappa shape index (κ1) is 28.1. The van der Waals surface area contributed by atoms with Crippen molar-refractivity contribution < 1.29 is 24.0 Å². The molecule has 1 aliphatic rings. The Bertz CT molecular complexity index is 1270. The molecule has 2 aromatic carbocycles. The zero-order chi connectivity index (χ0) is 28.1. The van der Waals surface area contributed by atoms with Gasteiger partial charge in [0, 0.05) is 31.2 Å². The zero-order valence-corrected chi connectivity index (χ0v) is 23.1. The predicted molar refractivity (Wildman–Crippen MR) is 149 cm³/mol. The molecule has 3 amide bonds. The Balaban J connectivity index is 1.57. The highest BCUT2D eigenvalue weighted by atomic mass is 16.5. The van der Waals surface area contributed by atoms with Crippen LogP contribution in [0.1, 0.15) is 41.2 Å². The van der Waals surface area contributed by atoms with Gasteiger partial charge in [0.1, 0.15) is 23.2 Å². The molecule has 3 N–H and O–H groups in total. The number of benzene rings is 2. The molecule has 3 aromatic rings. The van der Waals surface area contributed by atoms with E-state index in [2.05, 4.69) is 39.7 Å². The molecular formula is C29H37N5O5. The van der Waals surface area contributed by atoms with Crippen LogP contribution in [0.15, 0.2) is 53.1 Å². The van der Waals surface area contributed by atoms with Crippen LogP contribution in [0, 0.1) is 19.8 Å². The van der Waals surface area contributed by atoms with Crippen molar-refractivity contribution in [3.63, 3.8) is 0 Å². The van der Waals surface area contributed by atoms with E-state index in [0.717, 1.165) is 6.54 Å². The number of likely N-dealkylation sites (N-methyl/N-ethyl adjacent to an activating group) is 1. The standard InChI is InChI=1S/C29H37N5O5/c1-18-14-34(19(2)17-35)28(36)24-13-23(30-29(37)31-27-20(3)32-39-21(27)4)11-12-25(24)38-26(18)16-33(5)15-22-9-7-6-8-10-22/h6-13,18-19,26,35H,14-17H2,1-5H3,(H2,30,31,37)/t18-,19+,26-/m0/s1. The van der Waals surface area contributed by atoms with Gasteiger partial charge in [0.15, 0.2) is 5.76 Å². The molecular weight excluding hydrogens is 498 g/mol. The Morgan fingerprint density at radius 2 is 1.95 bits per heavy atom. The number of aliphatic hydroxyl groups is 1. The minimum absolute atomic E-state index is 0.00736. The second kappa shape index (κ2) is 12.3. The number of anilines is 2. The average molecular weight is 536 g/mol. The number of aryl methyl sites for hydroxylation is 2. The van der Waals surface area contributed by atoms with Crippen LogP contribution in [-0.4, -0.2) is 70.9 Å². The maximum Gasteiger partial charge on any atom is 0.323 e. The van der Waals surface area contributed by atoms with Crippen LogP contribution in [0.25, 0.3) is 0 Å². The van der Waals surface area contributed by atoms with Gasteiger partial charge in [0.2, 0.25) is 0 Å². The van der Waals surface area contributed by atoms with Crippen molar-refractivity contribution in [2.24, 2.45) is 5.92 Å². The molecule has 0 bridgehead atoms. The van der Waals surface area contributed by atoms with Gasteiger partial charge in [-0.3, -0.25) is 9.69 Å². The Kier molecular flexibility index (Phi) is 8.88. The molecule has 208 valence electrons. The number of hydrogen-bond acceptors (Lipinski definition) is 7. The lowest BCUT2D eigenvalue weighted by molar-refractivity contribution is 0.0341. The van der Waals surface area contributed by atoms with Crippen molar-refractivity contribution in [1.82, 2.24) is 15.0 Å². The third kappa shape index (κ3) is 6.76. The third-order valence-corrected chi connectivity index (χ3v) is 6.98. The summed E-state index contributed by atoms with van der Waals surface area (Å²) in [7, 11) is 2.05. The van der Waals surface area contributed by atoms with E-state index >= 15 is 0 Å². The quantitative estimate of drug-likeness (QED) is 0.394. The summed E-state index contributed by atoms with van der Waals surface area (Å²) >= 11 is 0. The number of hydrogen-bond donors (Lipinski definition) is 3. The minimum Gasteiger partial charge on any atom is -0.488 e. The first-order chi connectivity index (χ1) is 18.7. The van der Waals surface area contributed by atoms with E-state index in [4.69, 9.17) is 9.26 Å². The molecule has 1 aromatic heterocycles. The van der Waals surface area contributed by atoms with Gasteiger partial charge in [0.25, 0.3) is 5.91 Å². The van der Waals surface area contributed by atoms with E-state index in [1.165, 1.54) is 5.56 Å². The van der Waals surface area contributed by atoms with Gasteiger partial charge in [-0.15, -0.1) is 0 Å². The van der Waals surface area contributed by atoms with Crippen LogP contribution in [0.3, 0.4) is 0 Å². The first-order valence-electron chi connectivity index (χ1n) is 13.1. The highest BCUT2D eigenvalue weighted by molar-refractivity contribution is 6.03. The fraction of sp³-hybridized carbons (Fsp3) is 0.414. The largest absolute Gasteiger partial charge is 0.488 e. The number of rotatable bonds is 8. The number of fused-ring (bicyclic) bond motifs is 1. The van der Waals surface area contributed by atoms with Crippen LogP contribution in [0.4, 0.5) is 16.2 Å². The van der Waals surface area contributed by atoms with Crippen molar-refractivity contribution in [3.05, 3.63) is 71.1 Å². The summed E-state index contributed by atoms with van der Waals surface area (Å²) in [5.41, 5.74) is 3.02. The summed E-state index contributed by atoms with van der Waals surface area (Å²) in [5, 5.41) is 19.3. The SMILES string of the molecule is Cc1noc(C)c1NC(=O)Nc1ccc2c(c1)C(=O)N([C@H](C)CO)C[C@H](C)[C@H](CN(C)Cc1ccccc1)O2. The molecule has 0 spiro atoms. The molecule has 10 nitrogen and oxygen atoms in total. The molecule has 3 atom stereocenters. The smallest absolute Gasteiger partial charge is 0.323 e. The van der Waals surface area contributed by atoms with Crippen LogP contribution in [-0.2, 0) is 6.54 Å². The van der Waals surface area contributed by atoms with Crippen molar-refractivity contribution in [2.75, 3.05) is 37.4 Å². The third-order valence-electron chi connectivity index (χ3n) is 6.98. The summed E-state index contributed by atoms with van der Waals surface area (Å²) in [6.45, 7) is 9.00. The van der Waals surface area contributed by atoms with Crippen LogP contribution in [0.2, 0.25) is 0 Å². The second-order valence-corrected chi connectivity index (χ2v) is 10.3. The van der Waals surface area contributed by atoms with E-state index in [1.807, 2.05) is 32.2 Å². The molecule has 0 fully saturated rings. The molecule has 0 saturated heterocycles. The minimum atomic E-state index is -0.488. The van der Waals surface area contributed by atoms with Gasteiger partial charge < -0.3 is 29.9 Å². The van der Waals surface area contributed by atoms with Gasteiger partial charge in [0.05, 0.1) is 18.2 Å². The number of amides is 3. The molecule has 2 heterocycles. The number of carbonyl (C=O) groups excluding carboxylic acids is 2. The number of aliphatic hydroxyl groups excluding tert-OH is 1. The Morgan fingerprint density at radius 3 is 2.62 bits per heavy atom. The number of aromatic nitrogens is 1. The number of nitrogens with zero attached hydrogens (tertiary/aromatic N) is 3. The molecule has 39 heavy (non-hydrogen) atoms. The molecule has 1 aliphatic heterocycles. The highest BCUT2D eigenvalue weighted by Gasteiger charge is 2.33. The summed E-state index contributed by atoms with van der Waals surface area (Å²) < 4.78 is 11.6.